The first-order chi connectivity index (χ1) is 12.2. The van der Waals surface area contributed by atoms with Crippen LogP contribution in [0.3, 0.4) is 0 Å². The highest BCUT2D eigenvalue weighted by Gasteiger charge is 2.16. The molecule has 2 aromatic rings. The van der Waals surface area contributed by atoms with Crippen LogP contribution < -0.4 is 0 Å². The lowest BCUT2D eigenvalue weighted by molar-refractivity contribution is 0.603. The molecular formula is C20H28Cl2N2S. The van der Waals surface area contributed by atoms with E-state index in [-0.39, 0.29) is 0 Å². The molecule has 0 bridgehead atoms. The van der Waals surface area contributed by atoms with Crippen molar-refractivity contribution in [1.29, 1.82) is 0 Å². The third kappa shape index (κ3) is 7.64. The van der Waals surface area contributed by atoms with Crippen LogP contribution >= 0.6 is 35.0 Å². The molecule has 0 amide bonds. The standard InChI is InChI=1S/C20H28Cl2N2S/c1-2-3-4-5-6-7-8-13-25-20(15-24-12-11-23-16-24)18-10-9-17(21)14-19(18)22/h9-12,14,16,20H,2-8,13,15H2,1H3. The van der Waals surface area contributed by atoms with Crippen molar-refractivity contribution >= 4 is 35.0 Å². The van der Waals surface area contributed by atoms with Crippen LogP contribution in [0.15, 0.2) is 36.9 Å². The maximum Gasteiger partial charge on any atom is 0.0946 e. The quantitative estimate of drug-likeness (QED) is 0.346. The van der Waals surface area contributed by atoms with E-state index in [1.807, 2.05) is 42.6 Å². The first-order valence-corrected chi connectivity index (χ1v) is 11.0. The summed E-state index contributed by atoms with van der Waals surface area (Å²) in [5.41, 5.74) is 1.16. The van der Waals surface area contributed by atoms with Crippen LogP contribution in [0, 0.1) is 0 Å². The zero-order valence-corrected chi connectivity index (χ0v) is 17.3. The van der Waals surface area contributed by atoms with Gasteiger partial charge < -0.3 is 4.57 Å². The molecule has 1 heterocycles. The third-order valence-corrected chi connectivity index (χ3v) is 6.20. The van der Waals surface area contributed by atoms with Crippen LogP contribution in [0.1, 0.15) is 62.7 Å². The molecule has 0 saturated carbocycles. The van der Waals surface area contributed by atoms with Gasteiger partial charge in [-0.3, -0.25) is 0 Å². The predicted molar refractivity (Wildman–Crippen MR) is 112 cm³/mol. The molecule has 0 spiro atoms. The van der Waals surface area contributed by atoms with Crippen molar-refractivity contribution < 1.29 is 0 Å². The van der Waals surface area contributed by atoms with E-state index >= 15 is 0 Å². The van der Waals surface area contributed by atoms with Gasteiger partial charge in [0.1, 0.15) is 0 Å². The Bertz CT molecular complexity index is 602. The van der Waals surface area contributed by atoms with Gasteiger partial charge in [-0.15, -0.1) is 0 Å². The number of rotatable bonds is 12. The van der Waals surface area contributed by atoms with Gasteiger partial charge in [0.15, 0.2) is 0 Å². The molecule has 0 aliphatic rings. The van der Waals surface area contributed by atoms with Crippen molar-refractivity contribution in [3.63, 3.8) is 0 Å². The molecule has 0 aliphatic heterocycles. The molecule has 1 aromatic carbocycles. The normalized spacial score (nSPS) is 12.4. The fourth-order valence-electron chi connectivity index (χ4n) is 2.87. The minimum absolute atomic E-state index is 0.319. The minimum Gasteiger partial charge on any atom is -0.336 e. The van der Waals surface area contributed by atoms with Crippen molar-refractivity contribution in [1.82, 2.24) is 9.55 Å². The van der Waals surface area contributed by atoms with E-state index in [4.69, 9.17) is 23.2 Å². The minimum atomic E-state index is 0.319. The molecule has 1 aromatic heterocycles. The highest BCUT2D eigenvalue weighted by molar-refractivity contribution is 7.99. The smallest absolute Gasteiger partial charge is 0.0946 e. The van der Waals surface area contributed by atoms with Crippen molar-refractivity contribution in [2.24, 2.45) is 0 Å². The summed E-state index contributed by atoms with van der Waals surface area (Å²) in [5, 5.41) is 1.76. The Morgan fingerprint density at radius 3 is 2.52 bits per heavy atom. The largest absolute Gasteiger partial charge is 0.336 e. The van der Waals surface area contributed by atoms with Gasteiger partial charge >= 0.3 is 0 Å². The maximum atomic E-state index is 6.45. The average molecular weight is 399 g/mol. The topological polar surface area (TPSA) is 17.8 Å². The molecule has 1 atom stereocenters. The third-order valence-electron chi connectivity index (χ3n) is 4.31. The number of hydrogen-bond acceptors (Lipinski definition) is 2. The molecule has 138 valence electrons. The number of nitrogens with zero attached hydrogens (tertiary/aromatic N) is 2. The van der Waals surface area contributed by atoms with Crippen molar-refractivity contribution in [2.75, 3.05) is 5.75 Å². The van der Waals surface area contributed by atoms with Gasteiger partial charge in [0.2, 0.25) is 0 Å². The summed E-state index contributed by atoms with van der Waals surface area (Å²) in [7, 11) is 0. The Kier molecular flexibility index (Phi) is 9.82. The molecule has 1 unspecified atom stereocenters. The van der Waals surface area contributed by atoms with Crippen LogP contribution in [0.5, 0.6) is 0 Å². The second kappa shape index (κ2) is 11.9. The number of hydrogen-bond donors (Lipinski definition) is 0. The van der Waals surface area contributed by atoms with Gasteiger partial charge in [-0.25, -0.2) is 4.98 Å². The number of benzene rings is 1. The molecule has 5 heteroatoms. The van der Waals surface area contributed by atoms with Gasteiger partial charge in [0.25, 0.3) is 0 Å². The number of halogens is 2. The molecule has 0 saturated heterocycles. The van der Waals surface area contributed by atoms with Crippen LogP contribution in [0.4, 0.5) is 0 Å². The summed E-state index contributed by atoms with van der Waals surface area (Å²) in [6, 6.07) is 5.83. The van der Waals surface area contributed by atoms with E-state index in [2.05, 4.69) is 22.5 Å². The Hall–Kier alpha value is -0.640. The Balaban J connectivity index is 1.85. The molecule has 0 aliphatic carbocycles. The second-order valence-electron chi connectivity index (χ2n) is 6.41. The van der Waals surface area contributed by atoms with Crippen molar-refractivity contribution in [2.45, 2.75) is 63.7 Å². The van der Waals surface area contributed by atoms with E-state index in [0.29, 0.717) is 10.3 Å². The lowest BCUT2D eigenvalue weighted by atomic mass is 10.1. The molecule has 0 radical (unpaired) electrons. The summed E-state index contributed by atoms with van der Waals surface area (Å²) in [6.07, 6.45) is 15.1. The fourth-order valence-corrected chi connectivity index (χ4v) is 4.80. The molecule has 0 fully saturated rings. The lowest BCUT2D eigenvalue weighted by Gasteiger charge is -2.19. The van der Waals surface area contributed by atoms with E-state index in [1.165, 1.54) is 44.9 Å². The molecule has 2 nitrogen and oxygen atoms in total. The number of aromatic nitrogens is 2. The van der Waals surface area contributed by atoms with E-state index in [1.54, 1.807) is 0 Å². The summed E-state index contributed by atoms with van der Waals surface area (Å²) in [5.74, 6) is 1.16. The van der Waals surface area contributed by atoms with Crippen LogP contribution in [-0.2, 0) is 6.54 Å². The summed E-state index contributed by atoms with van der Waals surface area (Å²) < 4.78 is 2.12. The van der Waals surface area contributed by atoms with Gasteiger partial charge in [-0.1, -0.05) is 74.7 Å². The zero-order valence-electron chi connectivity index (χ0n) is 15.0. The van der Waals surface area contributed by atoms with Crippen LogP contribution in [0.25, 0.3) is 0 Å². The molecular weight excluding hydrogens is 371 g/mol. The SMILES string of the molecule is CCCCCCCCCSC(Cn1ccnc1)c1ccc(Cl)cc1Cl. The number of unbranched alkanes of at least 4 members (excludes halogenated alkanes) is 6. The van der Waals surface area contributed by atoms with E-state index in [9.17, 15) is 0 Å². The molecule has 2 rings (SSSR count). The van der Waals surface area contributed by atoms with Gasteiger partial charge in [-0.2, -0.15) is 11.8 Å². The van der Waals surface area contributed by atoms with Gasteiger partial charge in [0.05, 0.1) is 6.33 Å². The molecule has 25 heavy (non-hydrogen) atoms. The molecule has 0 N–H and O–H groups in total. The predicted octanol–water partition coefficient (Wildman–Crippen LogP) is 7.42. The second-order valence-corrected chi connectivity index (χ2v) is 8.56. The maximum absolute atomic E-state index is 6.45. The van der Waals surface area contributed by atoms with Gasteiger partial charge in [0, 0.05) is 34.2 Å². The number of thioether (sulfide) groups is 1. The van der Waals surface area contributed by atoms with E-state index in [0.717, 1.165) is 22.9 Å². The average Bonchev–Trinajstić information content (AvgIpc) is 3.09. The lowest BCUT2D eigenvalue weighted by Crippen LogP contribution is -2.06. The Morgan fingerprint density at radius 1 is 1.08 bits per heavy atom. The Morgan fingerprint density at radius 2 is 1.84 bits per heavy atom. The first-order valence-electron chi connectivity index (χ1n) is 9.23. The van der Waals surface area contributed by atoms with Crippen molar-refractivity contribution in [3.05, 3.63) is 52.5 Å². The van der Waals surface area contributed by atoms with Crippen molar-refractivity contribution in [3.8, 4) is 0 Å². The van der Waals surface area contributed by atoms with E-state index < -0.39 is 0 Å². The zero-order chi connectivity index (χ0) is 17.9. The van der Waals surface area contributed by atoms with Gasteiger partial charge in [-0.05, 0) is 29.9 Å². The highest BCUT2D eigenvalue weighted by atomic mass is 35.5. The summed E-state index contributed by atoms with van der Waals surface area (Å²) >= 11 is 14.5. The monoisotopic (exact) mass is 398 g/mol. The summed E-state index contributed by atoms with van der Waals surface area (Å²) in [4.78, 5) is 4.15. The van der Waals surface area contributed by atoms with Crippen LogP contribution in [-0.4, -0.2) is 15.3 Å². The first kappa shape index (κ1) is 20.7. The summed E-state index contributed by atoms with van der Waals surface area (Å²) in [6.45, 7) is 3.14. The van der Waals surface area contributed by atoms with Crippen LogP contribution in [0.2, 0.25) is 10.0 Å². The Labute approximate surface area is 166 Å². The fraction of sp³-hybridized carbons (Fsp3) is 0.550. The number of imidazole rings is 1. The highest BCUT2D eigenvalue weighted by Crippen LogP contribution is 2.36.